The molecule has 1 aliphatic rings. The predicted octanol–water partition coefficient (Wildman–Crippen LogP) is 3.03. The van der Waals surface area contributed by atoms with E-state index in [0.29, 0.717) is 18.0 Å². The van der Waals surface area contributed by atoms with Crippen molar-refractivity contribution in [1.29, 1.82) is 0 Å². The van der Waals surface area contributed by atoms with E-state index in [4.69, 9.17) is 0 Å². The molecule has 6 heteroatoms. The first kappa shape index (κ1) is 18.9. The highest BCUT2D eigenvalue weighted by atomic mass is 32.2. The standard InChI is InChI=1S/C18H28N2O3S/c1-3-4-5-11-19-24(22,23)17-8-6-7-16(14-17)18(21)20-12-9-15(2)10-13-20/h6-8,14-15,19H,3-5,9-13H2,1-2H3. The van der Waals surface area contributed by atoms with Crippen LogP contribution in [0, 0.1) is 5.92 Å². The zero-order valence-electron chi connectivity index (χ0n) is 14.6. The van der Waals surface area contributed by atoms with E-state index in [1.807, 2.05) is 4.90 Å². The summed E-state index contributed by atoms with van der Waals surface area (Å²) >= 11 is 0. The van der Waals surface area contributed by atoms with Crippen LogP contribution in [0.4, 0.5) is 0 Å². The highest BCUT2D eigenvalue weighted by Crippen LogP contribution is 2.19. The van der Waals surface area contributed by atoms with E-state index in [-0.39, 0.29) is 10.8 Å². The van der Waals surface area contributed by atoms with Gasteiger partial charge in [-0.2, -0.15) is 0 Å². The molecular weight excluding hydrogens is 324 g/mol. The van der Waals surface area contributed by atoms with E-state index in [1.54, 1.807) is 12.1 Å². The van der Waals surface area contributed by atoms with Crippen LogP contribution in [0.2, 0.25) is 0 Å². The molecule has 1 aromatic carbocycles. The second-order valence-electron chi connectivity index (χ2n) is 6.61. The van der Waals surface area contributed by atoms with E-state index in [9.17, 15) is 13.2 Å². The molecule has 0 bridgehead atoms. The molecule has 0 spiro atoms. The monoisotopic (exact) mass is 352 g/mol. The first-order valence-corrected chi connectivity index (χ1v) is 10.3. The molecule has 0 saturated carbocycles. The summed E-state index contributed by atoms with van der Waals surface area (Å²) in [6, 6.07) is 6.36. The normalized spacial score (nSPS) is 16.3. The highest BCUT2D eigenvalue weighted by Gasteiger charge is 2.23. The minimum absolute atomic E-state index is 0.0788. The summed E-state index contributed by atoms with van der Waals surface area (Å²) in [5.41, 5.74) is 0.445. The molecule has 1 N–H and O–H groups in total. The summed E-state index contributed by atoms with van der Waals surface area (Å²) in [4.78, 5) is 14.6. The van der Waals surface area contributed by atoms with Crippen molar-refractivity contribution in [2.75, 3.05) is 19.6 Å². The van der Waals surface area contributed by atoms with E-state index < -0.39 is 10.0 Å². The van der Waals surface area contributed by atoms with Crippen LogP contribution in [0.5, 0.6) is 0 Å². The smallest absolute Gasteiger partial charge is 0.253 e. The molecule has 1 amide bonds. The number of piperidine rings is 1. The van der Waals surface area contributed by atoms with Gasteiger partial charge in [-0.25, -0.2) is 13.1 Å². The number of sulfonamides is 1. The predicted molar refractivity (Wildman–Crippen MR) is 95.5 cm³/mol. The summed E-state index contributed by atoms with van der Waals surface area (Å²) in [6.07, 6.45) is 4.86. The molecule has 0 atom stereocenters. The van der Waals surface area contributed by atoms with Gasteiger partial charge in [-0.3, -0.25) is 4.79 Å². The molecule has 1 fully saturated rings. The summed E-state index contributed by atoms with van der Waals surface area (Å²) in [5.74, 6) is 0.568. The van der Waals surface area contributed by atoms with E-state index in [1.165, 1.54) is 12.1 Å². The maximum atomic E-state index is 12.6. The number of likely N-dealkylation sites (tertiary alicyclic amines) is 1. The van der Waals surface area contributed by atoms with Gasteiger partial charge in [0.1, 0.15) is 0 Å². The third-order valence-corrected chi connectivity index (χ3v) is 5.99. The lowest BCUT2D eigenvalue weighted by Crippen LogP contribution is -2.38. The van der Waals surface area contributed by atoms with Crippen LogP contribution < -0.4 is 4.72 Å². The minimum Gasteiger partial charge on any atom is -0.339 e. The number of amides is 1. The van der Waals surface area contributed by atoms with Gasteiger partial charge in [-0.1, -0.05) is 32.8 Å². The maximum Gasteiger partial charge on any atom is 0.253 e. The average molecular weight is 353 g/mol. The van der Waals surface area contributed by atoms with Crippen molar-refractivity contribution in [3.63, 3.8) is 0 Å². The SMILES string of the molecule is CCCCCNS(=O)(=O)c1cccc(C(=O)N2CCC(C)CC2)c1. The Labute approximate surface area is 145 Å². The lowest BCUT2D eigenvalue weighted by molar-refractivity contribution is 0.0697. The van der Waals surface area contributed by atoms with Gasteiger partial charge in [0.25, 0.3) is 5.91 Å². The van der Waals surface area contributed by atoms with Gasteiger partial charge in [0.15, 0.2) is 0 Å². The van der Waals surface area contributed by atoms with Gasteiger partial charge in [-0.05, 0) is 43.4 Å². The van der Waals surface area contributed by atoms with E-state index in [0.717, 1.165) is 45.2 Å². The number of hydrogen-bond acceptors (Lipinski definition) is 3. The Morgan fingerprint density at radius 2 is 1.96 bits per heavy atom. The summed E-state index contributed by atoms with van der Waals surface area (Å²) < 4.78 is 27.3. The molecule has 24 heavy (non-hydrogen) atoms. The molecule has 0 radical (unpaired) electrons. The molecule has 1 aromatic rings. The number of benzene rings is 1. The molecular formula is C18H28N2O3S. The number of hydrogen-bond donors (Lipinski definition) is 1. The van der Waals surface area contributed by atoms with Crippen LogP contribution >= 0.6 is 0 Å². The quantitative estimate of drug-likeness (QED) is 0.767. The third-order valence-electron chi connectivity index (χ3n) is 4.53. The fourth-order valence-corrected chi connectivity index (χ4v) is 3.97. The van der Waals surface area contributed by atoms with Crippen molar-refractivity contribution in [2.24, 2.45) is 5.92 Å². The number of carbonyl (C=O) groups is 1. The Kier molecular flexibility index (Phi) is 6.80. The Hall–Kier alpha value is -1.40. The first-order valence-electron chi connectivity index (χ1n) is 8.83. The molecule has 0 aromatic heterocycles. The van der Waals surface area contributed by atoms with Crippen molar-refractivity contribution in [3.05, 3.63) is 29.8 Å². The van der Waals surface area contributed by atoms with Crippen LogP contribution in [0.3, 0.4) is 0 Å². The van der Waals surface area contributed by atoms with Crippen molar-refractivity contribution in [3.8, 4) is 0 Å². The number of carbonyl (C=O) groups excluding carboxylic acids is 1. The second-order valence-corrected chi connectivity index (χ2v) is 8.37. The van der Waals surface area contributed by atoms with Gasteiger partial charge >= 0.3 is 0 Å². The van der Waals surface area contributed by atoms with Gasteiger partial charge in [0.2, 0.25) is 10.0 Å². The lowest BCUT2D eigenvalue weighted by Gasteiger charge is -2.30. The second kappa shape index (κ2) is 8.62. The average Bonchev–Trinajstić information content (AvgIpc) is 2.59. The Bertz CT molecular complexity index is 650. The Morgan fingerprint density at radius 1 is 1.25 bits per heavy atom. The molecule has 5 nitrogen and oxygen atoms in total. The van der Waals surface area contributed by atoms with Crippen molar-refractivity contribution in [2.45, 2.75) is 50.8 Å². The maximum absolute atomic E-state index is 12.6. The van der Waals surface area contributed by atoms with Gasteiger partial charge < -0.3 is 4.90 Å². The topological polar surface area (TPSA) is 66.5 Å². The number of unbranched alkanes of at least 4 members (excludes halogenated alkanes) is 2. The third kappa shape index (κ3) is 5.05. The highest BCUT2D eigenvalue weighted by molar-refractivity contribution is 7.89. The number of nitrogens with zero attached hydrogens (tertiary/aromatic N) is 1. The van der Waals surface area contributed by atoms with Crippen LogP contribution in [0.15, 0.2) is 29.2 Å². The summed E-state index contributed by atoms with van der Waals surface area (Å²) in [6.45, 7) is 6.18. The van der Waals surface area contributed by atoms with Gasteiger partial charge in [0.05, 0.1) is 4.90 Å². The van der Waals surface area contributed by atoms with Crippen molar-refractivity contribution >= 4 is 15.9 Å². The van der Waals surface area contributed by atoms with Crippen LogP contribution in [-0.2, 0) is 10.0 Å². The van der Waals surface area contributed by atoms with Crippen LogP contribution in [0.25, 0.3) is 0 Å². The Balaban J connectivity index is 2.06. The first-order chi connectivity index (χ1) is 11.4. The molecule has 0 unspecified atom stereocenters. The fourth-order valence-electron chi connectivity index (χ4n) is 2.86. The molecule has 2 rings (SSSR count). The van der Waals surface area contributed by atoms with Crippen molar-refractivity contribution in [1.82, 2.24) is 9.62 Å². The van der Waals surface area contributed by atoms with E-state index in [2.05, 4.69) is 18.6 Å². The van der Waals surface area contributed by atoms with Crippen LogP contribution in [-0.4, -0.2) is 38.9 Å². The minimum atomic E-state index is -3.56. The van der Waals surface area contributed by atoms with Crippen LogP contribution in [0.1, 0.15) is 56.3 Å². The number of nitrogens with one attached hydrogen (secondary N) is 1. The zero-order chi connectivity index (χ0) is 17.6. The van der Waals surface area contributed by atoms with E-state index >= 15 is 0 Å². The lowest BCUT2D eigenvalue weighted by atomic mass is 9.98. The largest absolute Gasteiger partial charge is 0.339 e. The van der Waals surface area contributed by atoms with Gasteiger partial charge in [-0.15, -0.1) is 0 Å². The molecule has 1 saturated heterocycles. The molecule has 1 aliphatic heterocycles. The molecule has 0 aliphatic carbocycles. The molecule has 1 heterocycles. The summed E-state index contributed by atoms with van der Waals surface area (Å²) in [7, 11) is -3.56. The zero-order valence-corrected chi connectivity index (χ0v) is 15.4. The molecule has 134 valence electrons. The summed E-state index contributed by atoms with van der Waals surface area (Å²) in [5, 5.41) is 0. The Morgan fingerprint density at radius 3 is 2.62 bits per heavy atom. The van der Waals surface area contributed by atoms with Gasteiger partial charge in [0, 0.05) is 25.2 Å². The van der Waals surface area contributed by atoms with Crippen molar-refractivity contribution < 1.29 is 13.2 Å². The fraction of sp³-hybridized carbons (Fsp3) is 0.611. The number of rotatable bonds is 7.